The van der Waals surface area contributed by atoms with Gasteiger partial charge in [0.1, 0.15) is 11.6 Å². The number of esters is 1. The Morgan fingerprint density at radius 3 is 2.38 bits per heavy atom. The van der Waals surface area contributed by atoms with Crippen LogP contribution in [0.3, 0.4) is 0 Å². The average Bonchev–Trinajstić information content (AvgIpc) is 2.78. The largest absolute Gasteiger partial charge is 0.427 e. The zero-order valence-electron chi connectivity index (χ0n) is 19.0. The second-order valence-electron chi connectivity index (χ2n) is 8.59. The first kappa shape index (κ1) is 22.0. The van der Waals surface area contributed by atoms with Crippen LogP contribution in [-0.4, -0.2) is 42.1 Å². The Bertz CT molecular complexity index is 1060. The molecular weight excluding hydrogens is 402 g/mol. The number of hydrogen-bond donors (Lipinski definition) is 2. The molecule has 1 aliphatic carbocycles. The fourth-order valence-electron chi connectivity index (χ4n) is 4.19. The fraction of sp³-hybridized carbons (Fsp3) is 0.400. The van der Waals surface area contributed by atoms with Gasteiger partial charge in [-0.25, -0.2) is 4.98 Å². The van der Waals surface area contributed by atoms with Gasteiger partial charge in [0.15, 0.2) is 0 Å². The summed E-state index contributed by atoms with van der Waals surface area (Å²) >= 11 is 0. The van der Waals surface area contributed by atoms with E-state index >= 15 is 0 Å². The van der Waals surface area contributed by atoms with Crippen molar-refractivity contribution in [3.05, 3.63) is 54.1 Å². The third-order valence-electron chi connectivity index (χ3n) is 5.85. The molecular formula is C25H31N5O2. The minimum Gasteiger partial charge on any atom is -0.427 e. The van der Waals surface area contributed by atoms with Crippen LogP contribution in [0.15, 0.2) is 48.5 Å². The van der Waals surface area contributed by atoms with Crippen molar-refractivity contribution in [1.29, 1.82) is 0 Å². The summed E-state index contributed by atoms with van der Waals surface area (Å²) in [5, 5.41) is 8.29. The maximum Gasteiger partial charge on any atom is 0.308 e. The molecule has 1 aliphatic rings. The first-order valence-electron chi connectivity index (χ1n) is 11.2. The Labute approximate surface area is 189 Å². The van der Waals surface area contributed by atoms with Gasteiger partial charge < -0.3 is 20.3 Å². The summed E-state index contributed by atoms with van der Waals surface area (Å²) in [4.78, 5) is 22.6. The number of ether oxygens (including phenoxy) is 1. The highest BCUT2D eigenvalue weighted by Gasteiger charge is 2.22. The van der Waals surface area contributed by atoms with Crippen molar-refractivity contribution in [1.82, 2.24) is 15.3 Å². The summed E-state index contributed by atoms with van der Waals surface area (Å²) < 4.78 is 5.09. The number of anilines is 2. The van der Waals surface area contributed by atoms with Crippen LogP contribution in [0.4, 0.5) is 11.8 Å². The summed E-state index contributed by atoms with van der Waals surface area (Å²) in [6.07, 6.45) is 4.38. The minimum atomic E-state index is -0.298. The molecule has 168 valence electrons. The maximum absolute atomic E-state index is 11.0. The molecule has 3 aromatic rings. The second-order valence-corrected chi connectivity index (χ2v) is 8.59. The number of fused-ring (bicyclic) bond motifs is 1. The first-order chi connectivity index (χ1) is 15.5. The van der Waals surface area contributed by atoms with Gasteiger partial charge in [0, 0.05) is 45.0 Å². The number of nitrogens with zero attached hydrogens (tertiary/aromatic N) is 3. The number of hydrogen-bond acceptors (Lipinski definition) is 7. The van der Waals surface area contributed by atoms with Crippen LogP contribution in [-0.2, 0) is 11.3 Å². The predicted molar refractivity (Wildman–Crippen MR) is 128 cm³/mol. The number of benzene rings is 2. The zero-order valence-corrected chi connectivity index (χ0v) is 19.0. The van der Waals surface area contributed by atoms with Crippen LogP contribution in [0.25, 0.3) is 10.9 Å². The Morgan fingerprint density at radius 2 is 1.69 bits per heavy atom. The molecule has 2 aromatic carbocycles. The molecule has 0 saturated heterocycles. The number of carbonyl (C=O) groups excluding carboxylic acids is 1. The molecule has 0 unspecified atom stereocenters. The molecule has 7 heteroatoms. The fourth-order valence-corrected chi connectivity index (χ4v) is 4.19. The molecule has 0 aliphatic heterocycles. The van der Waals surface area contributed by atoms with Gasteiger partial charge in [-0.05, 0) is 55.5 Å². The average molecular weight is 434 g/mol. The van der Waals surface area contributed by atoms with Crippen LogP contribution in [0.1, 0.15) is 38.2 Å². The lowest BCUT2D eigenvalue weighted by molar-refractivity contribution is -0.131. The lowest BCUT2D eigenvalue weighted by Gasteiger charge is -2.30. The Kier molecular flexibility index (Phi) is 6.85. The molecule has 0 bridgehead atoms. The van der Waals surface area contributed by atoms with Crippen molar-refractivity contribution >= 4 is 28.6 Å². The molecule has 7 nitrogen and oxygen atoms in total. The van der Waals surface area contributed by atoms with Gasteiger partial charge >= 0.3 is 5.97 Å². The van der Waals surface area contributed by atoms with Gasteiger partial charge in [-0.3, -0.25) is 4.79 Å². The number of aromatic nitrogens is 2. The van der Waals surface area contributed by atoms with E-state index in [0.717, 1.165) is 48.9 Å². The number of carbonyl (C=O) groups is 1. The van der Waals surface area contributed by atoms with Crippen LogP contribution >= 0.6 is 0 Å². The standard InChI is InChI=1S/C25H31N5O2/c1-17(31)32-21-14-8-18(9-15-21)16-26-19-10-12-20(13-11-19)27-25-28-23-7-5-4-6-22(23)24(29-25)30(2)3/h4-9,14-15,19-20,26H,10-13,16H2,1-3H3,(H,27,28,29). The molecule has 1 aromatic heterocycles. The van der Waals surface area contributed by atoms with Crippen LogP contribution in [0.5, 0.6) is 5.75 Å². The highest BCUT2D eigenvalue weighted by molar-refractivity contribution is 5.90. The van der Waals surface area contributed by atoms with Crippen molar-refractivity contribution in [2.75, 3.05) is 24.3 Å². The Hall–Kier alpha value is -3.19. The van der Waals surface area contributed by atoms with Gasteiger partial charge in [-0.15, -0.1) is 0 Å². The van der Waals surface area contributed by atoms with E-state index in [1.807, 2.05) is 61.5 Å². The van der Waals surface area contributed by atoms with E-state index in [1.54, 1.807) is 0 Å². The van der Waals surface area contributed by atoms with E-state index in [0.29, 0.717) is 23.8 Å². The molecule has 4 rings (SSSR count). The second kappa shape index (κ2) is 9.96. The van der Waals surface area contributed by atoms with Crippen molar-refractivity contribution < 1.29 is 9.53 Å². The minimum absolute atomic E-state index is 0.298. The highest BCUT2D eigenvalue weighted by atomic mass is 16.5. The Balaban J connectivity index is 1.29. The lowest BCUT2D eigenvalue weighted by atomic mass is 9.91. The first-order valence-corrected chi connectivity index (χ1v) is 11.2. The van der Waals surface area contributed by atoms with E-state index in [-0.39, 0.29) is 5.97 Å². The van der Waals surface area contributed by atoms with E-state index in [2.05, 4.69) is 16.7 Å². The molecule has 0 spiro atoms. The van der Waals surface area contributed by atoms with Gasteiger partial charge in [0.2, 0.25) is 5.95 Å². The SMILES string of the molecule is CC(=O)Oc1ccc(CNC2CCC(Nc3nc(N(C)C)c4ccccc4n3)CC2)cc1. The van der Waals surface area contributed by atoms with Crippen molar-refractivity contribution in [3.63, 3.8) is 0 Å². The van der Waals surface area contributed by atoms with E-state index in [9.17, 15) is 4.79 Å². The third-order valence-corrected chi connectivity index (χ3v) is 5.85. The molecule has 0 amide bonds. The van der Waals surface area contributed by atoms with Crippen molar-refractivity contribution in [2.24, 2.45) is 0 Å². The van der Waals surface area contributed by atoms with Crippen molar-refractivity contribution in [3.8, 4) is 5.75 Å². The molecule has 1 fully saturated rings. The van der Waals surface area contributed by atoms with E-state index in [4.69, 9.17) is 14.7 Å². The van der Waals surface area contributed by atoms with Gasteiger partial charge in [0.25, 0.3) is 0 Å². The third kappa shape index (κ3) is 5.53. The smallest absolute Gasteiger partial charge is 0.308 e. The number of rotatable bonds is 7. The van der Waals surface area contributed by atoms with Crippen LogP contribution < -0.4 is 20.3 Å². The van der Waals surface area contributed by atoms with Gasteiger partial charge in [-0.2, -0.15) is 4.98 Å². The van der Waals surface area contributed by atoms with Crippen LogP contribution in [0, 0.1) is 0 Å². The lowest BCUT2D eigenvalue weighted by Crippen LogP contribution is -2.37. The summed E-state index contributed by atoms with van der Waals surface area (Å²) in [7, 11) is 4.03. The van der Waals surface area contributed by atoms with Gasteiger partial charge in [0.05, 0.1) is 5.52 Å². The predicted octanol–water partition coefficient (Wildman–Crippen LogP) is 4.13. The normalized spacial score (nSPS) is 18.3. The molecule has 0 atom stereocenters. The summed E-state index contributed by atoms with van der Waals surface area (Å²) in [5.74, 6) is 1.93. The highest BCUT2D eigenvalue weighted by Crippen LogP contribution is 2.26. The molecule has 1 saturated carbocycles. The number of para-hydroxylation sites is 1. The molecule has 2 N–H and O–H groups in total. The summed E-state index contributed by atoms with van der Waals surface area (Å²) in [6.45, 7) is 2.22. The zero-order chi connectivity index (χ0) is 22.5. The van der Waals surface area contributed by atoms with Crippen molar-refractivity contribution in [2.45, 2.75) is 51.2 Å². The summed E-state index contributed by atoms with van der Waals surface area (Å²) in [5.41, 5.74) is 2.14. The Morgan fingerprint density at radius 1 is 1.00 bits per heavy atom. The monoisotopic (exact) mass is 433 g/mol. The van der Waals surface area contributed by atoms with Gasteiger partial charge in [-0.1, -0.05) is 24.3 Å². The van der Waals surface area contributed by atoms with Crippen LogP contribution in [0.2, 0.25) is 0 Å². The maximum atomic E-state index is 11.0. The summed E-state index contributed by atoms with van der Waals surface area (Å²) in [6, 6.07) is 16.7. The van der Waals surface area contributed by atoms with E-state index in [1.165, 1.54) is 12.5 Å². The molecule has 1 heterocycles. The quantitative estimate of drug-likeness (QED) is 0.428. The molecule has 32 heavy (non-hydrogen) atoms. The topological polar surface area (TPSA) is 79.4 Å². The number of nitrogens with one attached hydrogen (secondary N) is 2. The van der Waals surface area contributed by atoms with E-state index < -0.39 is 0 Å². The molecule has 0 radical (unpaired) electrons.